The molecule has 1 unspecified atom stereocenters. The van der Waals surface area contributed by atoms with Gasteiger partial charge in [-0.2, -0.15) is 0 Å². The molecule has 0 aromatic carbocycles. The lowest BCUT2D eigenvalue weighted by Gasteiger charge is -2.18. The molecular weight excluding hydrogens is 252 g/mol. The van der Waals surface area contributed by atoms with Crippen LogP contribution in [0.4, 0.5) is 0 Å². The van der Waals surface area contributed by atoms with Gasteiger partial charge in [-0.25, -0.2) is 0 Å². The van der Waals surface area contributed by atoms with Crippen molar-refractivity contribution >= 4 is 22.9 Å². The topological polar surface area (TPSA) is 24.9 Å². The molecule has 0 spiro atoms. The van der Waals surface area contributed by atoms with Gasteiger partial charge in [0.1, 0.15) is 0 Å². The Morgan fingerprint density at radius 3 is 2.82 bits per heavy atom. The third kappa shape index (κ3) is 2.86. The summed E-state index contributed by atoms with van der Waals surface area (Å²) in [6.45, 7) is 5.05. The molecule has 2 aromatic rings. The van der Waals surface area contributed by atoms with Gasteiger partial charge >= 0.3 is 0 Å². The van der Waals surface area contributed by atoms with Crippen LogP contribution in [-0.4, -0.2) is 11.5 Å². The van der Waals surface area contributed by atoms with E-state index in [1.54, 1.807) is 11.3 Å². The van der Waals surface area contributed by atoms with Crippen LogP contribution in [0.15, 0.2) is 30.5 Å². The van der Waals surface area contributed by atoms with Gasteiger partial charge in [-0.3, -0.25) is 4.98 Å². The summed E-state index contributed by atoms with van der Waals surface area (Å²) in [5.74, 6) is 0. The summed E-state index contributed by atoms with van der Waals surface area (Å²) < 4.78 is 0.824. The van der Waals surface area contributed by atoms with E-state index in [4.69, 9.17) is 11.6 Å². The minimum atomic E-state index is 0.186. The monoisotopic (exact) mass is 266 g/mol. The lowest BCUT2D eigenvalue weighted by atomic mass is 10.0. The predicted molar refractivity (Wildman–Crippen MR) is 73.8 cm³/mol. The highest BCUT2D eigenvalue weighted by Crippen LogP contribution is 2.31. The molecule has 0 aliphatic rings. The smallest absolute Gasteiger partial charge is 0.0931 e. The maximum Gasteiger partial charge on any atom is 0.0931 e. The second kappa shape index (κ2) is 5.63. The normalized spacial score (nSPS) is 12.6. The molecule has 90 valence electrons. The van der Waals surface area contributed by atoms with Gasteiger partial charge in [-0.05, 0) is 37.2 Å². The number of aryl methyl sites for hydroxylation is 1. The summed E-state index contributed by atoms with van der Waals surface area (Å²) in [6.07, 6.45) is 1.82. The molecule has 0 saturated heterocycles. The second-order valence-corrected chi connectivity index (χ2v) is 5.56. The number of halogens is 1. The molecule has 17 heavy (non-hydrogen) atoms. The van der Waals surface area contributed by atoms with E-state index in [0.717, 1.165) is 16.6 Å². The van der Waals surface area contributed by atoms with Gasteiger partial charge in [-0.1, -0.05) is 24.6 Å². The van der Waals surface area contributed by atoms with Crippen molar-refractivity contribution in [1.82, 2.24) is 10.3 Å². The van der Waals surface area contributed by atoms with E-state index >= 15 is 0 Å². The fraction of sp³-hybridized carbons (Fsp3) is 0.308. The Kier molecular flexibility index (Phi) is 4.15. The van der Waals surface area contributed by atoms with Crippen molar-refractivity contribution < 1.29 is 0 Å². The maximum absolute atomic E-state index is 6.01. The Labute approximate surface area is 111 Å². The van der Waals surface area contributed by atoms with Crippen LogP contribution in [0, 0.1) is 6.92 Å². The second-order valence-electron chi connectivity index (χ2n) is 3.81. The maximum atomic E-state index is 6.01. The van der Waals surface area contributed by atoms with Crippen LogP contribution in [0.1, 0.15) is 29.1 Å². The number of nitrogens with one attached hydrogen (secondary N) is 1. The molecule has 2 rings (SSSR count). The summed E-state index contributed by atoms with van der Waals surface area (Å²) in [7, 11) is 0. The molecule has 4 heteroatoms. The number of thiophene rings is 1. The molecular formula is C13H15ClN2S. The fourth-order valence-electron chi connectivity index (χ4n) is 1.85. The molecule has 0 aliphatic heterocycles. The van der Waals surface area contributed by atoms with Gasteiger partial charge in [0.05, 0.1) is 10.4 Å². The molecule has 2 aromatic heterocycles. The van der Waals surface area contributed by atoms with E-state index in [0.29, 0.717) is 0 Å². The van der Waals surface area contributed by atoms with E-state index in [1.165, 1.54) is 10.4 Å². The Morgan fingerprint density at radius 1 is 1.41 bits per heavy atom. The first kappa shape index (κ1) is 12.6. The van der Waals surface area contributed by atoms with Crippen molar-refractivity contribution in [3.8, 4) is 0 Å². The predicted octanol–water partition coefficient (Wildman–Crippen LogP) is 3.80. The van der Waals surface area contributed by atoms with Gasteiger partial charge < -0.3 is 5.32 Å². The highest BCUT2D eigenvalue weighted by Gasteiger charge is 2.17. The van der Waals surface area contributed by atoms with Gasteiger partial charge in [0.15, 0.2) is 0 Å². The highest BCUT2D eigenvalue weighted by atomic mass is 35.5. The Hall–Kier alpha value is -0.900. The first-order valence-corrected chi connectivity index (χ1v) is 6.82. The molecule has 0 radical (unpaired) electrons. The molecule has 0 aliphatic carbocycles. The van der Waals surface area contributed by atoms with Crippen molar-refractivity contribution in [1.29, 1.82) is 0 Å². The first-order chi connectivity index (χ1) is 8.22. The van der Waals surface area contributed by atoms with Crippen molar-refractivity contribution in [2.75, 3.05) is 6.54 Å². The summed E-state index contributed by atoms with van der Waals surface area (Å²) in [6, 6.07) is 8.29. The number of pyridine rings is 1. The Bertz CT molecular complexity index is 496. The first-order valence-electron chi connectivity index (χ1n) is 5.62. The quantitative estimate of drug-likeness (QED) is 0.910. The van der Waals surface area contributed by atoms with Crippen molar-refractivity contribution in [2.24, 2.45) is 0 Å². The minimum absolute atomic E-state index is 0.186. The number of rotatable bonds is 4. The molecule has 0 amide bonds. The van der Waals surface area contributed by atoms with Crippen LogP contribution in [-0.2, 0) is 0 Å². The van der Waals surface area contributed by atoms with E-state index < -0.39 is 0 Å². The highest BCUT2D eigenvalue weighted by molar-refractivity contribution is 7.16. The van der Waals surface area contributed by atoms with Gasteiger partial charge in [0, 0.05) is 16.8 Å². The van der Waals surface area contributed by atoms with Crippen LogP contribution in [0.5, 0.6) is 0 Å². The standard InChI is InChI=1S/C13H15ClN2S/c1-3-15-13(11-6-7-12(14)17-11)10-5-4-8-16-9(10)2/h4-8,13,15H,3H2,1-2H3. The molecule has 0 bridgehead atoms. The Morgan fingerprint density at radius 2 is 2.24 bits per heavy atom. The number of hydrogen-bond acceptors (Lipinski definition) is 3. The molecule has 0 saturated carbocycles. The average molecular weight is 267 g/mol. The van der Waals surface area contributed by atoms with E-state index in [1.807, 2.05) is 25.3 Å². The summed E-state index contributed by atoms with van der Waals surface area (Å²) in [5.41, 5.74) is 2.27. The summed E-state index contributed by atoms with van der Waals surface area (Å²) >= 11 is 7.62. The van der Waals surface area contributed by atoms with Gasteiger partial charge in [0.2, 0.25) is 0 Å². The fourth-order valence-corrected chi connectivity index (χ4v) is 3.01. The van der Waals surface area contributed by atoms with Crippen LogP contribution in [0.3, 0.4) is 0 Å². The number of hydrogen-bond donors (Lipinski definition) is 1. The SMILES string of the molecule is CCNC(c1ccc(Cl)s1)c1cccnc1C. The lowest BCUT2D eigenvalue weighted by Crippen LogP contribution is -2.22. The molecule has 2 nitrogen and oxygen atoms in total. The van der Waals surface area contributed by atoms with Crippen molar-refractivity contribution in [3.05, 3.63) is 50.9 Å². The van der Waals surface area contributed by atoms with E-state index in [9.17, 15) is 0 Å². The summed E-state index contributed by atoms with van der Waals surface area (Å²) in [4.78, 5) is 5.58. The van der Waals surface area contributed by atoms with E-state index in [-0.39, 0.29) is 6.04 Å². The van der Waals surface area contributed by atoms with Crippen molar-refractivity contribution in [2.45, 2.75) is 19.9 Å². The largest absolute Gasteiger partial charge is 0.306 e. The zero-order chi connectivity index (χ0) is 12.3. The zero-order valence-electron chi connectivity index (χ0n) is 9.90. The van der Waals surface area contributed by atoms with Crippen LogP contribution in [0.25, 0.3) is 0 Å². The van der Waals surface area contributed by atoms with E-state index in [2.05, 4.69) is 29.4 Å². The molecule has 0 fully saturated rings. The lowest BCUT2D eigenvalue weighted by molar-refractivity contribution is 0.633. The van der Waals surface area contributed by atoms with Gasteiger partial charge in [0.25, 0.3) is 0 Å². The minimum Gasteiger partial charge on any atom is -0.306 e. The van der Waals surface area contributed by atoms with Crippen LogP contribution < -0.4 is 5.32 Å². The number of aromatic nitrogens is 1. The molecule has 1 N–H and O–H groups in total. The molecule has 2 heterocycles. The Balaban J connectivity index is 2.39. The number of nitrogens with zero attached hydrogens (tertiary/aromatic N) is 1. The van der Waals surface area contributed by atoms with Gasteiger partial charge in [-0.15, -0.1) is 11.3 Å². The van der Waals surface area contributed by atoms with Crippen LogP contribution in [0.2, 0.25) is 4.34 Å². The third-order valence-corrected chi connectivity index (χ3v) is 3.94. The average Bonchev–Trinajstić information content (AvgIpc) is 2.74. The van der Waals surface area contributed by atoms with Crippen LogP contribution >= 0.6 is 22.9 Å². The third-order valence-electron chi connectivity index (χ3n) is 2.65. The molecule has 1 atom stereocenters. The van der Waals surface area contributed by atoms with Crippen molar-refractivity contribution in [3.63, 3.8) is 0 Å². The zero-order valence-corrected chi connectivity index (χ0v) is 11.5. The summed E-state index contributed by atoms with van der Waals surface area (Å²) in [5, 5.41) is 3.48.